The van der Waals surface area contributed by atoms with E-state index in [2.05, 4.69) is 20.8 Å². The van der Waals surface area contributed by atoms with Crippen LogP contribution in [0.15, 0.2) is 24.3 Å². The van der Waals surface area contributed by atoms with Gasteiger partial charge in [-0.25, -0.2) is 0 Å². The number of aliphatic hydroxyl groups is 1. The number of aliphatic hydroxyl groups excluding tert-OH is 1. The van der Waals surface area contributed by atoms with Gasteiger partial charge in [-0.3, -0.25) is 0 Å². The van der Waals surface area contributed by atoms with E-state index < -0.39 is 0 Å². The average Bonchev–Trinajstić information content (AvgIpc) is 2.29. The fourth-order valence-corrected chi connectivity index (χ4v) is 1.45. The summed E-state index contributed by atoms with van der Waals surface area (Å²) < 4.78 is 10.7. The molecule has 3 heteroatoms. The van der Waals surface area contributed by atoms with Crippen LogP contribution in [0.2, 0.25) is 0 Å². The molecule has 1 rings (SSSR count). The summed E-state index contributed by atoms with van der Waals surface area (Å²) in [6.45, 7) is 6.97. The molecular weight excluding hydrogens is 216 g/mol. The van der Waals surface area contributed by atoms with Gasteiger partial charge in [0.05, 0.1) is 13.7 Å². The minimum absolute atomic E-state index is 0.0429. The lowest BCUT2D eigenvalue weighted by Gasteiger charge is -2.28. The van der Waals surface area contributed by atoms with Crippen LogP contribution in [0.1, 0.15) is 20.8 Å². The molecule has 0 fully saturated rings. The number of benzene rings is 1. The Morgan fingerprint density at radius 1 is 1.12 bits per heavy atom. The average molecular weight is 238 g/mol. The van der Waals surface area contributed by atoms with Crippen LogP contribution < -0.4 is 9.47 Å². The smallest absolute Gasteiger partial charge is 0.119 e. The molecule has 1 atom stereocenters. The van der Waals surface area contributed by atoms with E-state index in [9.17, 15) is 5.11 Å². The van der Waals surface area contributed by atoms with Crippen molar-refractivity contribution in [2.24, 2.45) is 11.3 Å². The first-order chi connectivity index (χ1) is 7.97. The molecule has 0 amide bonds. The van der Waals surface area contributed by atoms with Crippen LogP contribution in [0.3, 0.4) is 0 Å². The second kappa shape index (κ2) is 5.92. The molecular formula is C14H22O3. The summed E-state index contributed by atoms with van der Waals surface area (Å²) in [5.74, 6) is 1.74. The third-order valence-corrected chi connectivity index (χ3v) is 2.96. The largest absolute Gasteiger partial charge is 0.497 e. The van der Waals surface area contributed by atoms with Crippen molar-refractivity contribution in [2.75, 3.05) is 20.3 Å². The van der Waals surface area contributed by atoms with Crippen molar-refractivity contribution in [3.63, 3.8) is 0 Å². The summed E-state index contributed by atoms with van der Waals surface area (Å²) in [5.41, 5.74) is 0.0429. The van der Waals surface area contributed by atoms with E-state index in [1.807, 2.05) is 24.3 Å². The third-order valence-electron chi connectivity index (χ3n) is 2.96. The topological polar surface area (TPSA) is 38.7 Å². The van der Waals surface area contributed by atoms with Crippen LogP contribution in [0, 0.1) is 11.3 Å². The molecule has 0 radical (unpaired) electrons. The summed E-state index contributed by atoms with van der Waals surface area (Å²) in [6.07, 6.45) is 0. The lowest BCUT2D eigenvalue weighted by Crippen LogP contribution is -2.29. The van der Waals surface area contributed by atoms with Gasteiger partial charge >= 0.3 is 0 Å². The number of hydrogen-bond acceptors (Lipinski definition) is 3. The maximum absolute atomic E-state index is 9.32. The van der Waals surface area contributed by atoms with E-state index in [0.717, 1.165) is 11.5 Å². The zero-order chi connectivity index (χ0) is 12.9. The van der Waals surface area contributed by atoms with Gasteiger partial charge in [0.2, 0.25) is 0 Å². The molecule has 0 aliphatic heterocycles. The summed E-state index contributed by atoms with van der Waals surface area (Å²) in [4.78, 5) is 0. The van der Waals surface area contributed by atoms with Gasteiger partial charge in [0.1, 0.15) is 11.5 Å². The van der Waals surface area contributed by atoms with Gasteiger partial charge < -0.3 is 14.6 Å². The van der Waals surface area contributed by atoms with Gasteiger partial charge in [-0.05, 0) is 29.7 Å². The van der Waals surface area contributed by atoms with Gasteiger partial charge in [0, 0.05) is 12.5 Å². The third kappa shape index (κ3) is 4.27. The van der Waals surface area contributed by atoms with Gasteiger partial charge in [-0.15, -0.1) is 0 Å². The number of hydrogen-bond donors (Lipinski definition) is 1. The molecule has 0 heterocycles. The predicted molar refractivity (Wildman–Crippen MR) is 68.5 cm³/mol. The second-order valence-electron chi connectivity index (χ2n) is 5.23. The quantitative estimate of drug-likeness (QED) is 0.857. The van der Waals surface area contributed by atoms with Crippen molar-refractivity contribution >= 4 is 0 Å². The zero-order valence-electron chi connectivity index (χ0n) is 11.1. The zero-order valence-corrected chi connectivity index (χ0v) is 11.1. The highest BCUT2D eigenvalue weighted by Gasteiger charge is 2.24. The number of ether oxygens (including phenoxy) is 2. The van der Waals surface area contributed by atoms with Crippen LogP contribution in [0.25, 0.3) is 0 Å². The molecule has 1 aromatic rings. The van der Waals surface area contributed by atoms with Crippen molar-refractivity contribution in [1.82, 2.24) is 0 Å². The van der Waals surface area contributed by atoms with Crippen molar-refractivity contribution in [2.45, 2.75) is 20.8 Å². The molecule has 0 bridgehead atoms. The highest BCUT2D eigenvalue weighted by atomic mass is 16.5. The Morgan fingerprint density at radius 3 is 2.06 bits per heavy atom. The fourth-order valence-electron chi connectivity index (χ4n) is 1.45. The molecule has 0 aliphatic rings. The predicted octanol–water partition coefficient (Wildman–Crippen LogP) is 2.73. The molecule has 0 aliphatic carbocycles. The maximum Gasteiger partial charge on any atom is 0.119 e. The van der Waals surface area contributed by atoms with Crippen LogP contribution in [0.4, 0.5) is 0 Å². The Bertz CT molecular complexity index is 324. The van der Waals surface area contributed by atoms with E-state index in [4.69, 9.17) is 9.47 Å². The van der Waals surface area contributed by atoms with Crippen LogP contribution in [0.5, 0.6) is 11.5 Å². The Hall–Kier alpha value is -1.22. The van der Waals surface area contributed by atoms with Crippen LogP contribution in [-0.4, -0.2) is 25.4 Å². The van der Waals surface area contributed by atoms with Gasteiger partial charge in [0.25, 0.3) is 0 Å². The van der Waals surface area contributed by atoms with E-state index >= 15 is 0 Å². The van der Waals surface area contributed by atoms with E-state index in [1.54, 1.807) is 7.11 Å². The minimum atomic E-state index is 0.0429. The Morgan fingerprint density at radius 2 is 1.65 bits per heavy atom. The van der Waals surface area contributed by atoms with E-state index in [0.29, 0.717) is 6.61 Å². The Labute approximate surface area is 103 Å². The monoisotopic (exact) mass is 238 g/mol. The molecule has 17 heavy (non-hydrogen) atoms. The normalized spacial score (nSPS) is 13.2. The van der Waals surface area contributed by atoms with E-state index in [1.165, 1.54) is 0 Å². The van der Waals surface area contributed by atoms with Crippen LogP contribution >= 0.6 is 0 Å². The van der Waals surface area contributed by atoms with Crippen molar-refractivity contribution in [1.29, 1.82) is 0 Å². The first kappa shape index (κ1) is 13.8. The maximum atomic E-state index is 9.32. The summed E-state index contributed by atoms with van der Waals surface area (Å²) in [5, 5.41) is 9.32. The first-order valence-electron chi connectivity index (χ1n) is 5.85. The standard InChI is InChI=1S/C14H22O3/c1-14(2,3)11(9-15)10-17-13-7-5-12(16-4)6-8-13/h5-8,11,15H,9-10H2,1-4H3. The molecule has 1 N–H and O–H groups in total. The Balaban J connectivity index is 2.54. The highest BCUT2D eigenvalue weighted by molar-refractivity contribution is 5.31. The van der Waals surface area contributed by atoms with Gasteiger partial charge in [0.15, 0.2) is 0 Å². The number of rotatable bonds is 5. The van der Waals surface area contributed by atoms with Gasteiger partial charge in [-0.1, -0.05) is 20.8 Å². The lowest BCUT2D eigenvalue weighted by molar-refractivity contribution is 0.0818. The van der Waals surface area contributed by atoms with Crippen molar-refractivity contribution < 1.29 is 14.6 Å². The number of methoxy groups -OCH3 is 1. The Kier molecular flexibility index (Phi) is 4.82. The molecule has 1 unspecified atom stereocenters. The highest BCUT2D eigenvalue weighted by Crippen LogP contribution is 2.26. The fraction of sp³-hybridized carbons (Fsp3) is 0.571. The SMILES string of the molecule is COc1ccc(OCC(CO)C(C)(C)C)cc1. The minimum Gasteiger partial charge on any atom is -0.497 e. The lowest BCUT2D eigenvalue weighted by atomic mass is 9.82. The summed E-state index contributed by atoms with van der Waals surface area (Å²) >= 11 is 0. The van der Waals surface area contributed by atoms with Crippen molar-refractivity contribution in [3.05, 3.63) is 24.3 Å². The molecule has 0 spiro atoms. The molecule has 0 saturated heterocycles. The molecule has 96 valence electrons. The van der Waals surface area contributed by atoms with Crippen LogP contribution in [-0.2, 0) is 0 Å². The van der Waals surface area contributed by atoms with Gasteiger partial charge in [-0.2, -0.15) is 0 Å². The summed E-state index contributed by atoms with van der Waals surface area (Å²) in [6, 6.07) is 7.46. The molecule has 1 aromatic carbocycles. The van der Waals surface area contributed by atoms with Crippen molar-refractivity contribution in [3.8, 4) is 11.5 Å². The molecule has 0 aromatic heterocycles. The second-order valence-corrected chi connectivity index (χ2v) is 5.23. The first-order valence-corrected chi connectivity index (χ1v) is 5.85. The van der Waals surface area contributed by atoms with E-state index in [-0.39, 0.29) is 17.9 Å². The molecule has 0 saturated carbocycles. The molecule has 3 nitrogen and oxygen atoms in total. The summed E-state index contributed by atoms with van der Waals surface area (Å²) in [7, 11) is 1.64.